The molecule has 0 atom stereocenters. The number of alkyl halides is 6. The van der Waals surface area contributed by atoms with Gasteiger partial charge in [-0.25, -0.2) is 9.97 Å². The summed E-state index contributed by atoms with van der Waals surface area (Å²) in [7, 11) is 0. The van der Waals surface area contributed by atoms with Crippen LogP contribution in [-0.4, -0.2) is 14.4 Å². The van der Waals surface area contributed by atoms with Gasteiger partial charge in [0.1, 0.15) is 16.1 Å². The van der Waals surface area contributed by atoms with Crippen molar-refractivity contribution in [3.8, 4) is 11.1 Å². The lowest BCUT2D eigenvalue weighted by atomic mass is 10.0. The van der Waals surface area contributed by atoms with Crippen LogP contribution < -0.4 is 5.73 Å². The van der Waals surface area contributed by atoms with Crippen molar-refractivity contribution in [2.24, 2.45) is 0 Å². The first-order valence-corrected chi connectivity index (χ1v) is 7.34. The van der Waals surface area contributed by atoms with Crippen LogP contribution in [0.2, 0.25) is 0 Å². The van der Waals surface area contributed by atoms with Crippen molar-refractivity contribution in [2.45, 2.75) is 12.4 Å². The van der Waals surface area contributed by atoms with Crippen LogP contribution in [0, 0.1) is 0 Å². The Labute approximate surface area is 144 Å². The second-order valence-electron chi connectivity index (χ2n) is 5.07. The molecule has 2 N–H and O–H groups in total. The maximum atomic E-state index is 13.3. The minimum absolute atomic E-state index is 0.114. The summed E-state index contributed by atoms with van der Waals surface area (Å²) < 4.78 is 80.0. The fourth-order valence-electron chi connectivity index (χ4n) is 2.29. The van der Waals surface area contributed by atoms with E-state index in [0.717, 1.165) is 22.9 Å². The molecule has 0 aliphatic heterocycles. The number of hydrogen-bond acceptors (Lipinski definition) is 3. The highest BCUT2D eigenvalue weighted by atomic mass is 79.9. The van der Waals surface area contributed by atoms with Gasteiger partial charge in [-0.05, 0) is 28.1 Å². The van der Waals surface area contributed by atoms with Crippen LogP contribution in [0.4, 0.5) is 32.2 Å². The lowest BCUT2D eigenvalue weighted by Crippen LogP contribution is -2.11. The van der Waals surface area contributed by atoms with Crippen LogP contribution in [0.25, 0.3) is 16.8 Å². The van der Waals surface area contributed by atoms with Crippen LogP contribution in [0.3, 0.4) is 0 Å². The second kappa shape index (κ2) is 5.61. The molecule has 25 heavy (non-hydrogen) atoms. The predicted molar refractivity (Wildman–Crippen MR) is 80.5 cm³/mol. The number of hydrogen-bond donors (Lipinski definition) is 1. The molecule has 3 aromatic heterocycles. The van der Waals surface area contributed by atoms with E-state index < -0.39 is 29.3 Å². The first-order chi connectivity index (χ1) is 11.5. The first-order valence-electron chi connectivity index (χ1n) is 6.55. The molecule has 0 radical (unpaired) electrons. The minimum Gasteiger partial charge on any atom is -0.383 e. The van der Waals surface area contributed by atoms with Crippen LogP contribution >= 0.6 is 15.9 Å². The Hall–Kier alpha value is -2.30. The highest BCUT2D eigenvalue weighted by Crippen LogP contribution is 2.38. The number of nitrogen functional groups attached to an aromatic ring is 1. The van der Waals surface area contributed by atoms with Gasteiger partial charge in [-0.1, -0.05) is 0 Å². The van der Waals surface area contributed by atoms with E-state index in [2.05, 4.69) is 25.9 Å². The molecule has 0 unspecified atom stereocenters. The second-order valence-corrected chi connectivity index (χ2v) is 5.88. The number of imidazole rings is 1. The molecule has 0 saturated carbocycles. The van der Waals surface area contributed by atoms with Gasteiger partial charge in [-0.15, -0.1) is 0 Å². The van der Waals surface area contributed by atoms with E-state index >= 15 is 0 Å². The van der Waals surface area contributed by atoms with Gasteiger partial charge in [-0.2, -0.15) is 26.3 Å². The molecule has 4 nitrogen and oxygen atoms in total. The topological polar surface area (TPSA) is 56.2 Å². The van der Waals surface area contributed by atoms with Crippen LogP contribution in [0.5, 0.6) is 0 Å². The number of nitrogens with zero attached hydrogens (tertiary/aromatic N) is 3. The zero-order chi connectivity index (χ0) is 18.6. The van der Waals surface area contributed by atoms with Crippen LogP contribution in [0.1, 0.15) is 11.1 Å². The molecule has 0 aromatic carbocycles. The number of halogens is 7. The van der Waals surface area contributed by atoms with E-state index in [9.17, 15) is 26.3 Å². The maximum Gasteiger partial charge on any atom is 0.420 e. The molecule has 0 aliphatic carbocycles. The number of fused-ring (bicyclic) bond motifs is 1. The number of aromatic nitrogens is 3. The Kier molecular flexibility index (Phi) is 3.93. The standard InChI is InChI=1S/C14H7BrF6N4/c15-10-4-24-12-9(14(19,20)21)2-7(5-25(10)12)6-1-8(13(16,17)18)11(22)23-3-6/h1-5H,(H2,22,23). The molecular formula is C14H7BrF6N4. The molecule has 3 rings (SSSR count). The van der Waals surface area contributed by atoms with Gasteiger partial charge in [0, 0.05) is 23.5 Å². The summed E-state index contributed by atoms with van der Waals surface area (Å²) in [5, 5.41) is 0. The number of anilines is 1. The summed E-state index contributed by atoms with van der Waals surface area (Å²) in [4.78, 5) is 7.11. The van der Waals surface area contributed by atoms with E-state index in [4.69, 9.17) is 5.73 Å². The Morgan fingerprint density at radius 2 is 1.48 bits per heavy atom. The summed E-state index contributed by atoms with van der Waals surface area (Å²) >= 11 is 3.05. The van der Waals surface area contributed by atoms with Gasteiger partial charge in [0.05, 0.1) is 17.3 Å². The molecule has 0 fully saturated rings. The van der Waals surface area contributed by atoms with Gasteiger partial charge in [0.2, 0.25) is 0 Å². The largest absolute Gasteiger partial charge is 0.420 e. The van der Waals surface area contributed by atoms with Gasteiger partial charge >= 0.3 is 12.4 Å². The van der Waals surface area contributed by atoms with Gasteiger partial charge < -0.3 is 5.73 Å². The average Bonchev–Trinajstić information content (AvgIpc) is 2.86. The third kappa shape index (κ3) is 3.15. The number of rotatable bonds is 1. The average molecular weight is 425 g/mol. The van der Waals surface area contributed by atoms with Crippen LogP contribution in [0.15, 0.2) is 35.3 Å². The normalized spacial score (nSPS) is 12.8. The summed E-state index contributed by atoms with van der Waals surface area (Å²) in [5.41, 5.74) is 2.27. The zero-order valence-corrected chi connectivity index (χ0v) is 13.5. The zero-order valence-electron chi connectivity index (χ0n) is 12.0. The van der Waals surface area contributed by atoms with Crippen molar-refractivity contribution in [2.75, 3.05) is 5.73 Å². The first kappa shape index (κ1) is 17.5. The Morgan fingerprint density at radius 3 is 2.08 bits per heavy atom. The highest BCUT2D eigenvalue weighted by molar-refractivity contribution is 9.10. The molecule has 0 aliphatic rings. The summed E-state index contributed by atoms with van der Waals surface area (Å²) in [6.07, 6.45) is -6.14. The molecule has 0 saturated heterocycles. The number of pyridine rings is 2. The summed E-state index contributed by atoms with van der Waals surface area (Å²) in [6, 6.07) is 1.39. The van der Waals surface area contributed by atoms with Gasteiger partial charge in [0.25, 0.3) is 0 Å². The van der Waals surface area contributed by atoms with Crippen molar-refractivity contribution >= 4 is 27.4 Å². The van der Waals surface area contributed by atoms with E-state index in [0.29, 0.717) is 6.07 Å². The van der Waals surface area contributed by atoms with Crippen molar-refractivity contribution in [1.82, 2.24) is 14.4 Å². The van der Waals surface area contributed by atoms with Gasteiger partial charge in [-0.3, -0.25) is 4.40 Å². The molecule has 0 spiro atoms. The molecule has 0 amide bonds. The molecule has 0 bridgehead atoms. The van der Waals surface area contributed by atoms with Crippen molar-refractivity contribution in [1.29, 1.82) is 0 Å². The molecule has 3 heterocycles. The molecular weight excluding hydrogens is 418 g/mol. The minimum atomic E-state index is -4.78. The van der Waals surface area contributed by atoms with E-state index in [-0.39, 0.29) is 21.4 Å². The number of nitrogens with two attached hydrogens (primary N) is 1. The van der Waals surface area contributed by atoms with E-state index in [1.165, 1.54) is 6.20 Å². The van der Waals surface area contributed by atoms with E-state index in [1.54, 1.807) is 0 Å². The highest BCUT2D eigenvalue weighted by Gasteiger charge is 2.36. The quantitative estimate of drug-likeness (QED) is 0.572. The third-order valence-corrected chi connectivity index (χ3v) is 4.01. The van der Waals surface area contributed by atoms with Crippen molar-refractivity contribution in [3.05, 3.63) is 46.5 Å². The lowest BCUT2D eigenvalue weighted by molar-refractivity contribution is -0.137. The predicted octanol–water partition coefficient (Wildman–Crippen LogP) is 4.78. The Balaban J connectivity index is 2.28. The van der Waals surface area contributed by atoms with Crippen molar-refractivity contribution in [3.63, 3.8) is 0 Å². The fourth-order valence-corrected chi connectivity index (χ4v) is 2.66. The molecule has 3 aromatic rings. The summed E-state index contributed by atoms with van der Waals surface area (Å²) in [5.74, 6) is -0.753. The Bertz CT molecular complexity index is 960. The SMILES string of the molecule is Nc1ncc(-c2cc(C(F)(F)F)c3ncc(Br)n3c2)cc1C(F)(F)F. The maximum absolute atomic E-state index is 13.3. The monoisotopic (exact) mass is 424 g/mol. The third-order valence-electron chi connectivity index (χ3n) is 3.42. The van der Waals surface area contributed by atoms with E-state index in [1.807, 2.05) is 0 Å². The molecule has 11 heteroatoms. The smallest absolute Gasteiger partial charge is 0.383 e. The Morgan fingerprint density at radius 1 is 0.880 bits per heavy atom. The van der Waals surface area contributed by atoms with Gasteiger partial charge in [0.15, 0.2) is 0 Å². The van der Waals surface area contributed by atoms with Crippen LogP contribution in [-0.2, 0) is 12.4 Å². The fraction of sp³-hybridized carbons (Fsp3) is 0.143. The van der Waals surface area contributed by atoms with Crippen molar-refractivity contribution < 1.29 is 26.3 Å². The molecule has 132 valence electrons. The summed E-state index contributed by atoms with van der Waals surface area (Å²) in [6.45, 7) is 0. The lowest BCUT2D eigenvalue weighted by Gasteiger charge is -2.14.